The number of para-hydroxylation sites is 1. The average molecular weight is 328 g/mol. The number of rotatable bonds is 3. The number of aromatic amines is 1. The van der Waals surface area contributed by atoms with E-state index in [9.17, 15) is 0 Å². The predicted octanol–water partition coefficient (Wildman–Crippen LogP) is 3.44. The van der Waals surface area contributed by atoms with Crippen molar-refractivity contribution in [3.05, 3.63) is 41.7 Å². The summed E-state index contributed by atoms with van der Waals surface area (Å²) >= 11 is 6.35. The van der Waals surface area contributed by atoms with Crippen LogP contribution in [0.15, 0.2) is 36.7 Å². The molecule has 0 aliphatic carbocycles. The Morgan fingerprint density at radius 2 is 2.17 bits per heavy atom. The minimum Gasteiger partial charge on any atom is -0.360 e. The van der Waals surface area contributed by atoms with E-state index in [4.69, 9.17) is 11.6 Å². The Labute approximate surface area is 139 Å². The van der Waals surface area contributed by atoms with Gasteiger partial charge in [-0.1, -0.05) is 29.8 Å². The first-order chi connectivity index (χ1) is 11.3. The molecule has 1 aromatic carbocycles. The maximum absolute atomic E-state index is 6.35. The molecule has 3 N–H and O–H groups in total. The minimum absolute atomic E-state index is 0.362. The summed E-state index contributed by atoms with van der Waals surface area (Å²) in [5.41, 5.74) is 2.83. The largest absolute Gasteiger partial charge is 0.360 e. The molecule has 23 heavy (non-hydrogen) atoms. The van der Waals surface area contributed by atoms with E-state index >= 15 is 0 Å². The van der Waals surface area contributed by atoms with Gasteiger partial charge in [-0.05, 0) is 25.5 Å². The van der Waals surface area contributed by atoms with Crippen LogP contribution in [0.5, 0.6) is 0 Å². The molecule has 6 heteroatoms. The van der Waals surface area contributed by atoms with Crippen LogP contribution in [0, 0.1) is 0 Å². The second-order valence-electron chi connectivity index (χ2n) is 5.83. The quantitative estimate of drug-likeness (QED) is 0.689. The molecular weight excluding hydrogens is 310 g/mol. The van der Waals surface area contributed by atoms with Crippen molar-refractivity contribution < 1.29 is 0 Å². The molecule has 0 radical (unpaired) electrons. The molecule has 4 rings (SSSR count). The second-order valence-corrected chi connectivity index (χ2v) is 6.23. The molecule has 5 nitrogen and oxygen atoms in total. The topological polar surface area (TPSA) is 65.6 Å². The molecule has 1 aliphatic rings. The lowest BCUT2D eigenvalue weighted by atomic mass is 10.1. The van der Waals surface area contributed by atoms with Gasteiger partial charge in [-0.25, -0.2) is 9.97 Å². The Kier molecular flexibility index (Phi) is 3.89. The van der Waals surface area contributed by atoms with Crippen LogP contribution in [-0.2, 0) is 0 Å². The van der Waals surface area contributed by atoms with Crippen molar-refractivity contribution in [1.29, 1.82) is 0 Å². The summed E-state index contributed by atoms with van der Waals surface area (Å²) in [5, 5.41) is 8.46. The zero-order valence-corrected chi connectivity index (χ0v) is 13.4. The number of benzene rings is 1. The monoisotopic (exact) mass is 327 g/mol. The Hall–Kier alpha value is -2.11. The third-order valence-electron chi connectivity index (χ3n) is 4.22. The van der Waals surface area contributed by atoms with E-state index in [-0.39, 0.29) is 0 Å². The summed E-state index contributed by atoms with van der Waals surface area (Å²) in [6.07, 6.45) is 5.91. The lowest BCUT2D eigenvalue weighted by molar-refractivity contribution is 0.478. The van der Waals surface area contributed by atoms with Gasteiger partial charge < -0.3 is 15.6 Å². The fourth-order valence-electron chi connectivity index (χ4n) is 3.05. The van der Waals surface area contributed by atoms with E-state index in [1.165, 1.54) is 6.42 Å². The van der Waals surface area contributed by atoms with Gasteiger partial charge >= 0.3 is 0 Å². The van der Waals surface area contributed by atoms with Gasteiger partial charge in [0.25, 0.3) is 0 Å². The van der Waals surface area contributed by atoms with Crippen LogP contribution >= 0.6 is 11.6 Å². The van der Waals surface area contributed by atoms with E-state index in [1.807, 2.05) is 24.4 Å². The third-order valence-corrected chi connectivity index (χ3v) is 4.50. The SMILES string of the molecule is Clc1cnc(NC2CCCNC2)nc1-c1c[nH]c2ccccc12. The van der Waals surface area contributed by atoms with Crippen LogP contribution in [0.25, 0.3) is 22.2 Å². The molecule has 0 bridgehead atoms. The lowest BCUT2D eigenvalue weighted by Gasteiger charge is -2.23. The summed E-state index contributed by atoms with van der Waals surface area (Å²) in [6.45, 7) is 2.02. The molecule has 3 aromatic rings. The molecular formula is C17H18ClN5. The number of H-pyrrole nitrogens is 1. The summed E-state index contributed by atoms with van der Waals surface area (Å²) in [5.74, 6) is 0.628. The molecule has 1 atom stereocenters. The van der Waals surface area contributed by atoms with Crippen LogP contribution in [0.3, 0.4) is 0 Å². The van der Waals surface area contributed by atoms with Crippen LogP contribution < -0.4 is 10.6 Å². The molecule has 1 fully saturated rings. The first kappa shape index (κ1) is 14.5. The summed E-state index contributed by atoms with van der Waals surface area (Å²) < 4.78 is 0. The van der Waals surface area contributed by atoms with Gasteiger partial charge in [0.15, 0.2) is 0 Å². The lowest BCUT2D eigenvalue weighted by Crippen LogP contribution is -2.38. The van der Waals surface area contributed by atoms with Crippen LogP contribution in [0.2, 0.25) is 5.02 Å². The smallest absolute Gasteiger partial charge is 0.223 e. The fourth-order valence-corrected chi connectivity index (χ4v) is 3.24. The van der Waals surface area contributed by atoms with Gasteiger partial charge in [-0.15, -0.1) is 0 Å². The van der Waals surface area contributed by atoms with Gasteiger partial charge in [0.05, 0.1) is 16.9 Å². The van der Waals surface area contributed by atoms with Crippen molar-refractivity contribution in [2.45, 2.75) is 18.9 Å². The number of piperidine rings is 1. The molecule has 0 saturated carbocycles. The van der Waals surface area contributed by atoms with E-state index in [0.29, 0.717) is 17.0 Å². The highest BCUT2D eigenvalue weighted by molar-refractivity contribution is 6.33. The van der Waals surface area contributed by atoms with Crippen LogP contribution in [0.1, 0.15) is 12.8 Å². The molecule has 118 valence electrons. The van der Waals surface area contributed by atoms with Crippen molar-refractivity contribution in [3.63, 3.8) is 0 Å². The van der Waals surface area contributed by atoms with Gasteiger partial charge in [0.2, 0.25) is 5.95 Å². The molecule has 0 amide bonds. The average Bonchev–Trinajstić information content (AvgIpc) is 3.01. The van der Waals surface area contributed by atoms with Crippen molar-refractivity contribution in [1.82, 2.24) is 20.3 Å². The highest BCUT2D eigenvalue weighted by Crippen LogP contribution is 2.32. The van der Waals surface area contributed by atoms with Gasteiger partial charge in [-0.3, -0.25) is 0 Å². The van der Waals surface area contributed by atoms with Gasteiger partial charge in [-0.2, -0.15) is 0 Å². The number of anilines is 1. The highest BCUT2D eigenvalue weighted by atomic mass is 35.5. The molecule has 1 unspecified atom stereocenters. The Bertz CT molecular complexity index is 823. The Morgan fingerprint density at radius 3 is 3.04 bits per heavy atom. The predicted molar refractivity (Wildman–Crippen MR) is 93.8 cm³/mol. The standard InChI is InChI=1S/C17H18ClN5/c18-14-10-21-17(22-11-4-3-7-19-8-11)23-16(14)13-9-20-15-6-2-1-5-12(13)15/h1-2,5-6,9-11,19-20H,3-4,7-8H2,(H,21,22,23). The van der Waals surface area contributed by atoms with E-state index < -0.39 is 0 Å². The zero-order chi connectivity index (χ0) is 15.6. The maximum atomic E-state index is 6.35. The van der Waals surface area contributed by atoms with Crippen molar-refractivity contribution >= 4 is 28.5 Å². The second kappa shape index (κ2) is 6.18. The number of fused-ring (bicyclic) bond motifs is 1. The van der Waals surface area contributed by atoms with Gasteiger partial charge in [0.1, 0.15) is 0 Å². The molecule has 1 saturated heterocycles. The number of nitrogens with one attached hydrogen (secondary N) is 3. The number of hydrogen-bond acceptors (Lipinski definition) is 4. The van der Waals surface area contributed by atoms with E-state index in [0.717, 1.165) is 41.7 Å². The maximum Gasteiger partial charge on any atom is 0.223 e. The number of hydrogen-bond donors (Lipinski definition) is 3. The van der Waals surface area contributed by atoms with Crippen LogP contribution in [-0.4, -0.2) is 34.1 Å². The van der Waals surface area contributed by atoms with Gasteiger partial charge in [0, 0.05) is 35.2 Å². The van der Waals surface area contributed by atoms with E-state index in [1.54, 1.807) is 6.20 Å². The minimum atomic E-state index is 0.362. The van der Waals surface area contributed by atoms with E-state index in [2.05, 4.69) is 31.7 Å². The highest BCUT2D eigenvalue weighted by Gasteiger charge is 2.16. The molecule has 1 aliphatic heterocycles. The number of halogens is 1. The number of nitrogens with zero attached hydrogens (tertiary/aromatic N) is 2. The Balaban J connectivity index is 1.69. The molecule has 3 heterocycles. The normalized spacial score (nSPS) is 18.2. The van der Waals surface area contributed by atoms with Crippen molar-refractivity contribution in [2.75, 3.05) is 18.4 Å². The zero-order valence-electron chi connectivity index (χ0n) is 12.6. The Morgan fingerprint density at radius 1 is 1.26 bits per heavy atom. The first-order valence-electron chi connectivity index (χ1n) is 7.87. The summed E-state index contributed by atoms with van der Waals surface area (Å²) in [7, 11) is 0. The fraction of sp³-hybridized carbons (Fsp3) is 0.294. The first-order valence-corrected chi connectivity index (χ1v) is 8.25. The summed E-state index contributed by atoms with van der Waals surface area (Å²) in [6, 6.07) is 8.49. The number of aromatic nitrogens is 3. The van der Waals surface area contributed by atoms with Crippen LogP contribution in [0.4, 0.5) is 5.95 Å². The van der Waals surface area contributed by atoms with Crippen molar-refractivity contribution in [2.24, 2.45) is 0 Å². The third kappa shape index (κ3) is 2.90. The van der Waals surface area contributed by atoms with Crippen molar-refractivity contribution in [3.8, 4) is 11.3 Å². The molecule has 2 aromatic heterocycles. The molecule has 0 spiro atoms. The summed E-state index contributed by atoms with van der Waals surface area (Å²) in [4.78, 5) is 12.3.